The first-order chi connectivity index (χ1) is 29.0. The molecule has 0 heterocycles. The van der Waals surface area contributed by atoms with Gasteiger partial charge in [0.15, 0.2) is 0 Å². The summed E-state index contributed by atoms with van der Waals surface area (Å²) in [6.45, 7) is 6.41. The van der Waals surface area contributed by atoms with Gasteiger partial charge in [-0.3, -0.25) is 9.59 Å². The smallest absolute Gasteiger partial charge is 0.306 e. The van der Waals surface area contributed by atoms with Crippen molar-refractivity contribution in [2.45, 2.75) is 257 Å². The van der Waals surface area contributed by atoms with Crippen molar-refractivity contribution in [3.63, 3.8) is 0 Å². The van der Waals surface area contributed by atoms with Gasteiger partial charge in [-0.1, -0.05) is 197 Å². The summed E-state index contributed by atoms with van der Waals surface area (Å²) in [5, 5.41) is 23.6. The van der Waals surface area contributed by atoms with Crippen LogP contribution in [-0.2, 0) is 14.3 Å². The van der Waals surface area contributed by atoms with Crippen molar-refractivity contribution in [2.24, 2.45) is 0 Å². The molecule has 0 fully saturated rings. The summed E-state index contributed by atoms with van der Waals surface area (Å²) in [7, 11) is 0. The van der Waals surface area contributed by atoms with Crippen LogP contribution in [0, 0.1) is 0 Å². The number of unbranched alkanes of at least 4 members (excludes halogenated alkanes) is 22. The number of allylic oxidation sites excluding steroid dienone is 10. The molecule has 0 saturated carbocycles. The fraction of sp³-hybridized carbons (Fsp3) is 0.774. The highest BCUT2D eigenvalue weighted by molar-refractivity contribution is 5.77. The van der Waals surface area contributed by atoms with Gasteiger partial charge >= 0.3 is 5.97 Å². The number of amides is 1. The fourth-order valence-electron chi connectivity index (χ4n) is 7.24. The van der Waals surface area contributed by atoms with Gasteiger partial charge < -0.3 is 20.3 Å². The van der Waals surface area contributed by atoms with E-state index in [0.29, 0.717) is 19.3 Å². The normalized spacial score (nSPS) is 13.8. The Morgan fingerprint density at radius 1 is 0.492 bits per heavy atom. The molecule has 3 atom stereocenters. The lowest BCUT2D eigenvalue weighted by Crippen LogP contribution is -2.46. The van der Waals surface area contributed by atoms with E-state index in [2.05, 4.69) is 86.8 Å². The Morgan fingerprint density at radius 3 is 1.39 bits per heavy atom. The van der Waals surface area contributed by atoms with Crippen molar-refractivity contribution < 1.29 is 24.5 Å². The lowest BCUT2D eigenvalue weighted by Gasteiger charge is -2.24. The molecular weight excluding hydrogens is 731 g/mol. The van der Waals surface area contributed by atoms with E-state index < -0.39 is 18.2 Å². The molecular formula is C53H95NO5. The highest BCUT2D eigenvalue weighted by Crippen LogP contribution is 2.16. The minimum Gasteiger partial charge on any atom is -0.462 e. The van der Waals surface area contributed by atoms with Gasteiger partial charge in [-0.2, -0.15) is 0 Å². The molecule has 59 heavy (non-hydrogen) atoms. The molecule has 0 aliphatic heterocycles. The van der Waals surface area contributed by atoms with E-state index in [0.717, 1.165) is 83.5 Å². The second kappa shape index (κ2) is 46.6. The molecule has 342 valence electrons. The SMILES string of the molecule is CCCCC/C=C\C/C=C\C/C=C\C/C=C\CCCCCC(=O)OC(CCC/C=C\CCCCCCCC)CC(=O)NC(CO)C(O)CCCCCCCCCCCC. The highest BCUT2D eigenvalue weighted by Gasteiger charge is 2.24. The Labute approximate surface area is 365 Å². The molecule has 0 bridgehead atoms. The van der Waals surface area contributed by atoms with Crippen molar-refractivity contribution in [2.75, 3.05) is 6.61 Å². The summed E-state index contributed by atoms with van der Waals surface area (Å²) in [6.07, 6.45) is 57.1. The first-order valence-corrected chi connectivity index (χ1v) is 25.0. The molecule has 0 radical (unpaired) electrons. The number of carbonyl (C=O) groups excluding carboxylic acids is 2. The van der Waals surface area contributed by atoms with Gasteiger partial charge in [0, 0.05) is 6.42 Å². The third-order valence-electron chi connectivity index (χ3n) is 11.1. The Morgan fingerprint density at radius 2 is 0.881 bits per heavy atom. The number of hydrogen-bond acceptors (Lipinski definition) is 5. The minimum absolute atomic E-state index is 0.0424. The summed E-state index contributed by atoms with van der Waals surface area (Å²) >= 11 is 0. The van der Waals surface area contributed by atoms with Crippen LogP contribution in [0.4, 0.5) is 0 Å². The Bertz CT molecular complexity index is 1060. The molecule has 1 amide bonds. The second-order valence-corrected chi connectivity index (χ2v) is 16.9. The topological polar surface area (TPSA) is 95.9 Å². The number of nitrogens with one attached hydrogen (secondary N) is 1. The number of aliphatic hydroxyl groups is 2. The van der Waals surface area contributed by atoms with Gasteiger partial charge in [-0.15, -0.1) is 0 Å². The minimum atomic E-state index is -0.799. The molecule has 0 aliphatic carbocycles. The Balaban J connectivity index is 4.61. The summed E-state index contributed by atoms with van der Waals surface area (Å²) in [6, 6.07) is -0.716. The Kier molecular flexibility index (Phi) is 44.7. The zero-order valence-electron chi connectivity index (χ0n) is 38.9. The maximum atomic E-state index is 13.1. The van der Waals surface area contributed by atoms with E-state index in [1.807, 2.05) is 0 Å². The summed E-state index contributed by atoms with van der Waals surface area (Å²) < 4.78 is 5.89. The van der Waals surface area contributed by atoms with E-state index in [-0.39, 0.29) is 24.9 Å². The van der Waals surface area contributed by atoms with E-state index >= 15 is 0 Å². The van der Waals surface area contributed by atoms with Crippen LogP contribution in [0.25, 0.3) is 0 Å². The van der Waals surface area contributed by atoms with Crippen molar-refractivity contribution >= 4 is 11.9 Å². The summed E-state index contributed by atoms with van der Waals surface area (Å²) in [5.41, 5.74) is 0. The van der Waals surface area contributed by atoms with Crippen LogP contribution in [0.5, 0.6) is 0 Å². The number of esters is 1. The van der Waals surface area contributed by atoms with Crippen LogP contribution in [0.2, 0.25) is 0 Å². The predicted octanol–water partition coefficient (Wildman–Crippen LogP) is 14.8. The number of aliphatic hydroxyl groups excluding tert-OH is 2. The largest absolute Gasteiger partial charge is 0.462 e. The molecule has 6 heteroatoms. The molecule has 0 spiro atoms. The van der Waals surface area contributed by atoms with Crippen LogP contribution in [0.15, 0.2) is 60.8 Å². The average molecular weight is 826 g/mol. The summed E-state index contributed by atoms with van der Waals surface area (Å²) in [4.78, 5) is 26.0. The molecule has 3 N–H and O–H groups in total. The number of rotatable bonds is 44. The highest BCUT2D eigenvalue weighted by atomic mass is 16.5. The molecule has 0 aromatic carbocycles. The predicted molar refractivity (Wildman–Crippen MR) is 255 cm³/mol. The zero-order chi connectivity index (χ0) is 43.1. The molecule has 0 saturated heterocycles. The lowest BCUT2D eigenvalue weighted by atomic mass is 10.0. The van der Waals surface area contributed by atoms with Crippen LogP contribution >= 0.6 is 0 Å². The molecule has 6 nitrogen and oxygen atoms in total. The van der Waals surface area contributed by atoms with Gasteiger partial charge in [0.25, 0.3) is 0 Å². The van der Waals surface area contributed by atoms with Crippen molar-refractivity contribution in [3.05, 3.63) is 60.8 Å². The maximum Gasteiger partial charge on any atom is 0.306 e. The van der Waals surface area contributed by atoms with Gasteiger partial charge in [-0.05, 0) is 89.9 Å². The van der Waals surface area contributed by atoms with Crippen molar-refractivity contribution in [3.8, 4) is 0 Å². The standard InChI is InChI=1S/C53H95NO5/c1-4-7-10-13-16-19-22-23-24-25-26-27-28-29-31-34-37-40-43-46-53(58)59-49(44-41-38-35-32-30-20-17-14-11-8-5-2)47-52(57)54-50(48-55)51(56)45-42-39-36-33-21-18-15-12-9-6-3/h16,19,23-24,26-27,29,31-32,35,49-51,55-56H,4-15,17-18,20-22,25,28,30,33-34,36-48H2,1-3H3,(H,54,57)/b19-16-,24-23-,27-26-,31-29-,35-32-. The molecule has 0 aliphatic rings. The van der Waals surface area contributed by atoms with Crippen molar-refractivity contribution in [1.29, 1.82) is 0 Å². The number of ether oxygens (including phenoxy) is 1. The molecule has 0 aromatic heterocycles. The molecule has 3 unspecified atom stereocenters. The third kappa shape index (κ3) is 42.1. The van der Waals surface area contributed by atoms with E-state index in [4.69, 9.17) is 4.74 Å². The molecule has 0 rings (SSSR count). The zero-order valence-corrected chi connectivity index (χ0v) is 38.9. The van der Waals surface area contributed by atoms with Gasteiger partial charge in [0.2, 0.25) is 5.91 Å². The average Bonchev–Trinajstić information content (AvgIpc) is 3.23. The number of hydrogen-bond donors (Lipinski definition) is 3. The van der Waals surface area contributed by atoms with Crippen LogP contribution in [-0.4, -0.2) is 46.9 Å². The first-order valence-electron chi connectivity index (χ1n) is 25.0. The van der Waals surface area contributed by atoms with E-state index in [9.17, 15) is 19.8 Å². The maximum absolute atomic E-state index is 13.1. The number of carbonyl (C=O) groups is 2. The Hall–Kier alpha value is -2.44. The van der Waals surface area contributed by atoms with Gasteiger partial charge in [0.1, 0.15) is 6.10 Å². The third-order valence-corrected chi connectivity index (χ3v) is 11.1. The van der Waals surface area contributed by atoms with E-state index in [1.54, 1.807) is 0 Å². The second-order valence-electron chi connectivity index (χ2n) is 16.9. The molecule has 0 aromatic rings. The lowest BCUT2D eigenvalue weighted by molar-refractivity contribution is -0.151. The summed E-state index contributed by atoms with van der Waals surface area (Å²) in [5.74, 6) is -0.541. The van der Waals surface area contributed by atoms with Gasteiger partial charge in [0.05, 0.1) is 25.2 Å². The van der Waals surface area contributed by atoms with E-state index in [1.165, 1.54) is 109 Å². The monoisotopic (exact) mass is 826 g/mol. The van der Waals surface area contributed by atoms with Gasteiger partial charge in [-0.25, -0.2) is 0 Å². The first kappa shape index (κ1) is 56.6. The van der Waals surface area contributed by atoms with Crippen molar-refractivity contribution in [1.82, 2.24) is 5.32 Å². The van der Waals surface area contributed by atoms with Crippen LogP contribution in [0.1, 0.15) is 239 Å². The quantitative estimate of drug-likeness (QED) is 0.0323. The van der Waals surface area contributed by atoms with Crippen LogP contribution in [0.3, 0.4) is 0 Å². The van der Waals surface area contributed by atoms with Crippen LogP contribution < -0.4 is 5.32 Å². The fourth-order valence-corrected chi connectivity index (χ4v) is 7.24.